The van der Waals surface area contributed by atoms with Gasteiger partial charge in [-0.15, -0.1) is 11.8 Å². The zero-order valence-corrected chi connectivity index (χ0v) is 18.4. The minimum atomic E-state index is -0.937. The zero-order valence-electron chi connectivity index (χ0n) is 17.6. The molecule has 0 bridgehead atoms. The molecule has 2 rings (SSSR count). The number of hydrogen-bond acceptors (Lipinski definition) is 5. The van der Waals surface area contributed by atoms with Crippen molar-refractivity contribution in [2.45, 2.75) is 58.4 Å². The Hall–Kier alpha value is -1.79. The first-order valence-corrected chi connectivity index (χ1v) is 10.5. The highest BCUT2D eigenvalue weighted by atomic mass is 32.2. The lowest BCUT2D eigenvalue weighted by Gasteiger charge is -2.33. The molecule has 0 spiro atoms. The van der Waals surface area contributed by atoms with Crippen molar-refractivity contribution in [1.82, 2.24) is 4.90 Å². The summed E-state index contributed by atoms with van der Waals surface area (Å²) in [4.78, 5) is 25.4. The van der Waals surface area contributed by atoms with E-state index in [1.54, 1.807) is 16.7 Å². The minimum absolute atomic E-state index is 0.155. The number of aldehydes is 1. The van der Waals surface area contributed by atoms with E-state index in [1.165, 1.54) is 0 Å². The number of thioether (sulfide) groups is 1. The number of nitrogens with zero attached hydrogens (tertiary/aromatic N) is 1. The first-order chi connectivity index (χ1) is 12.8. The maximum absolute atomic E-state index is 11.7. The Morgan fingerprint density at radius 1 is 1.18 bits per heavy atom. The highest BCUT2D eigenvalue weighted by Gasteiger charge is 2.30. The van der Waals surface area contributed by atoms with E-state index in [1.807, 2.05) is 18.2 Å². The Bertz CT molecular complexity index is 752. The van der Waals surface area contributed by atoms with Gasteiger partial charge in [0, 0.05) is 28.3 Å². The summed E-state index contributed by atoms with van der Waals surface area (Å²) in [6.45, 7) is 12.8. The molecule has 0 aromatic heterocycles. The van der Waals surface area contributed by atoms with E-state index in [2.05, 4.69) is 41.5 Å². The number of carboxylic acids is 1. The van der Waals surface area contributed by atoms with Crippen LogP contribution in [0.25, 0.3) is 6.08 Å². The second kappa shape index (κ2) is 8.29. The van der Waals surface area contributed by atoms with E-state index in [-0.39, 0.29) is 17.4 Å². The van der Waals surface area contributed by atoms with Crippen molar-refractivity contribution in [2.24, 2.45) is 0 Å². The molecule has 1 unspecified atom stereocenters. The Kier molecular flexibility index (Phi) is 6.66. The van der Waals surface area contributed by atoms with Gasteiger partial charge < -0.3 is 15.0 Å². The standard InChI is InChI=1S/C22H31NO4S/c1-21(2,3)15-9-14(10-16(20(15)27)22(4,5)6)11-18-17(13-24)23(7-8-28-18)12-19(25)26/h9-11,13,17,27H,7-8,12H2,1-6H3,(H,25,26). The number of phenols is 1. The molecule has 1 atom stereocenters. The molecule has 6 heteroatoms. The summed E-state index contributed by atoms with van der Waals surface area (Å²) in [7, 11) is 0. The number of aromatic hydroxyl groups is 1. The van der Waals surface area contributed by atoms with Crippen LogP contribution >= 0.6 is 11.8 Å². The van der Waals surface area contributed by atoms with Crippen molar-refractivity contribution in [3.63, 3.8) is 0 Å². The fourth-order valence-electron chi connectivity index (χ4n) is 3.36. The highest BCUT2D eigenvalue weighted by Crippen LogP contribution is 2.41. The summed E-state index contributed by atoms with van der Waals surface area (Å²) >= 11 is 1.59. The molecule has 1 aliphatic heterocycles. The van der Waals surface area contributed by atoms with Gasteiger partial charge in [0.15, 0.2) is 0 Å². The van der Waals surface area contributed by atoms with Crippen molar-refractivity contribution in [3.8, 4) is 5.75 Å². The lowest BCUT2D eigenvalue weighted by molar-refractivity contribution is -0.138. The third-order valence-corrected chi connectivity index (χ3v) is 5.94. The molecular weight excluding hydrogens is 374 g/mol. The van der Waals surface area contributed by atoms with Crippen LogP contribution in [0.2, 0.25) is 0 Å². The number of aliphatic carboxylic acids is 1. The summed E-state index contributed by atoms with van der Waals surface area (Å²) < 4.78 is 0. The third-order valence-electron chi connectivity index (χ3n) is 4.86. The molecule has 5 nitrogen and oxygen atoms in total. The van der Waals surface area contributed by atoms with Crippen molar-refractivity contribution >= 4 is 30.1 Å². The van der Waals surface area contributed by atoms with Gasteiger partial charge in [-0.05, 0) is 34.6 Å². The zero-order chi connectivity index (χ0) is 21.3. The lowest BCUT2D eigenvalue weighted by atomic mass is 9.78. The molecule has 1 aromatic rings. The van der Waals surface area contributed by atoms with Crippen molar-refractivity contribution in [2.75, 3.05) is 18.8 Å². The highest BCUT2D eigenvalue weighted by molar-refractivity contribution is 8.03. The first-order valence-electron chi connectivity index (χ1n) is 9.48. The molecular formula is C22H31NO4S. The Morgan fingerprint density at radius 3 is 2.14 bits per heavy atom. The summed E-state index contributed by atoms with van der Waals surface area (Å²) in [6, 6.07) is 3.38. The van der Waals surface area contributed by atoms with Crippen molar-refractivity contribution in [1.29, 1.82) is 0 Å². The number of carbonyl (C=O) groups excluding carboxylic acids is 1. The maximum Gasteiger partial charge on any atom is 0.317 e. The normalized spacial score (nSPS) is 20.4. The van der Waals surface area contributed by atoms with Crippen LogP contribution < -0.4 is 0 Å². The molecule has 0 aliphatic carbocycles. The van der Waals surface area contributed by atoms with Crippen molar-refractivity contribution < 1.29 is 19.8 Å². The SMILES string of the molecule is CC(C)(C)c1cc(C=C2SCCN(CC(=O)O)C2C=O)cc(C(C)(C)C)c1O. The van der Waals surface area contributed by atoms with Crippen LogP contribution in [0.1, 0.15) is 58.2 Å². The molecule has 1 fully saturated rings. The quantitative estimate of drug-likeness (QED) is 0.737. The predicted octanol–water partition coefficient (Wildman–Crippen LogP) is 4.03. The van der Waals surface area contributed by atoms with Crippen LogP contribution in [0.5, 0.6) is 5.75 Å². The fourth-order valence-corrected chi connectivity index (χ4v) is 4.52. The average molecular weight is 406 g/mol. The van der Waals surface area contributed by atoms with Gasteiger partial charge >= 0.3 is 5.97 Å². The molecule has 2 N–H and O–H groups in total. The molecule has 154 valence electrons. The van der Waals surface area contributed by atoms with E-state index in [0.29, 0.717) is 12.3 Å². The number of benzene rings is 1. The monoisotopic (exact) mass is 405 g/mol. The van der Waals surface area contributed by atoms with Gasteiger partial charge in [0.2, 0.25) is 0 Å². The van der Waals surface area contributed by atoms with Gasteiger partial charge in [0.05, 0.1) is 12.6 Å². The smallest absolute Gasteiger partial charge is 0.317 e. The molecule has 0 radical (unpaired) electrons. The Morgan fingerprint density at radius 2 is 1.71 bits per heavy atom. The van der Waals surface area contributed by atoms with Crippen LogP contribution in [-0.4, -0.2) is 52.3 Å². The molecule has 28 heavy (non-hydrogen) atoms. The van der Waals surface area contributed by atoms with Crippen LogP contribution in [0.3, 0.4) is 0 Å². The van der Waals surface area contributed by atoms with Gasteiger partial charge in [-0.3, -0.25) is 9.69 Å². The second-order valence-corrected chi connectivity index (χ2v) is 10.5. The van der Waals surface area contributed by atoms with E-state index < -0.39 is 12.0 Å². The van der Waals surface area contributed by atoms with E-state index in [4.69, 9.17) is 5.11 Å². The molecule has 0 amide bonds. The average Bonchev–Trinajstić information content (AvgIpc) is 2.54. The third kappa shape index (κ3) is 5.17. The number of carboxylic acid groups (broad SMARTS) is 1. The van der Waals surface area contributed by atoms with Crippen LogP contribution in [0.4, 0.5) is 0 Å². The van der Waals surface area contributed by atoms with Crippen LogP contribution in [0, 0.1) is 0 Å². The molecule has 1 saturated heterocycles. The summed E-state index contributed by atoms with van der Waals surface area (Å²) in [6.07, 6.45) is 2.78. The fraction of sp³-hybridized carbons (Fsp3) is 0.545. The van der Waals surface area contributed by atoms with E-state index in [9.17, 15) is 14.7 Å². The van der Waals surface area contributed by atoms with Gasteiger partial charge in [-0.1, -0.05) is 41.5 Å². The van der Waals surface area contributed by atoms with Crippen LogP contribution in [-0.2, 0) is 20.4 Å². The topological polar surface area (TPSA) is 77.8 Å². The molecule has 1 aliphatic rings. The first kappa shape index (κ1) is 22.5. The van der Waals surface area contributed by atoms with Gasteiger partial charge in [-0.2, -0.15) is 0 Å². The molecule has 0 saturated carbocycles. The maximum atomic E-state index is 11.7. The largest absolute Gasteiger partial charge is 0.507 e. The Labute approximate surface area is 171 Å². The predicted molar refractivity (Wildman–Crippen MR) is 115 cm³/mol. The number of hydrogen-bond donors (Lipinski definition) is 2. The summed E-state index contributed by atoms with van der Waals surface area (Å²) in [5.74, 6) is 0.116. The van der Waals surface area contributed by atoms with Gasteiger partial charge in [0.25, 0.3) is 0 Å². The van der Waals surface area contributed by atoms with Gasteiger partial charge in [-0.25, -0.2) is 0 Å². The number of rotatable bonds is 4. The molecule has 1 heterocycles. The minimum Gasteiger partial charge on any atom is -0.507 e. The summed E-state index contributed by atoms with van der Waals surface area (Å²) in [5, 5.41) is 20.0. The number of carbonyl (C=O) groups is 2. The van der Waals surface area contributed by atoms with E-state index in [0.717, 1.165) is 33.6 Å². The van der Waals surface area contributed by atoms with E-state index >= 15 is 0 Å². The second-order valence-electron chi connectivity index (χ2n) is 9.30. The number of phenolic OH excluding ortho intramolecular Hbond substituents is 1. The van der Waals surface area contributed by atoms with Gasteiger partial charge in [0.1, 0.15) is 12.0 Å². The molecule has 1 aromatic carbocycles. The Balaban J connectivity index is 2.57. The van der Waals surface area contributed by atoms with Crippen LogP contribution in [0.15, 0.2) is 17.0 Å². The van der Waals surface area contributed by atoms with Crippen molar-refractivity contribution in [3.05, 3.63) is 33.7 Å². The summed E-state index contributed by atoms with van der Waals surface area (Å²) in [5.41, 5.74) is 2.16. The lowest BCUT2D eigenvalue weighted by Crippen LogP contribution is -2.44.